The van der Waals surface area contributed by atoms with E-state index in [-0.39, 0.29) is 17.0 Å². The van der Waals surface area contributed by atoms with Crippen LogP contribution in [0.2, 0.25) is 0 Å². The summed E-state index contributed by atoms with van der Waals surface area (Å²) in [6.45, 7) is 1.99. The highest BCUT2D eigenvalue weighted by Gasteiger charge is 2.22. The van der Waals surface area contributed by atoms with Crippen molar-refractivity contribution in [1.29, 1.82) is 0 Å². The summed E-state index contributed by atoms with van der Waals surface area (Å²) in [4.78, 5) is 0. The molecule has 2 atom stereocenters. The Hall–Kier alpha value is -3.12. The van der Waals surface area contributed by atoms with Crippen LogP contribution in [0, 0.1) is 29.2 Å². The van der Waals surface area contributed by atoms with Crippen LogP contribution in [0.25, 0.3) is 16.7 Å². The van der Waals surface area contributed by atoms with Gasteiger partial charge in [0, 0.05) is 11.1 Å². The molecule has 0 saturated heterocycles. The number of benzene rings is 3. The molecule has 0 bridgehead atoms. The average molecular weight is 499 g/mol. The van der Waals surface area contributed by atoms with Crippen LogP contribution >= 0.6 is 0 Å². The predicted octanol–water partition coefficient (Wildman–Crippen LogP) is 8.27. The van der Waals surface area contributed by atoms with Gasteiger partial charge in [0.1, 0.15) is 0 Å². The number of aryl methyl sites for hydroxylation is 1. The smallest absolute Gasteiger partial charge is 0.200 e. The number of aromatic hydroxyl groups is 1. The summed E-state index contributed by atoms with van der Waals surface area (Å²) < 4.78 is 57.7. The number of phenolic OH excluding ortho intramolecular Hbond substituents is 1. The second-order valence-corrected chi connectivity index (χ2v) is 9.50. The van der Waals surface area contributed by atoms with Crippen molar-refractivity contribution in [3.05, 3.63) is 94.6 Å². The van der Waals surface area contributed by atoms with Gasteiger partial charge in [0.2, 0.25) is 5.82 Å². The summed E-state index contributed by atoms with van der Waals surface area (Å²) in [6.07, 6.45) is 5.72. The van der Waals surface area contributed by atoms with Gasteiger partial charge in [-0.2, -0.15) is 4.39 Å². The lowest BCUT2D eigenvalue weighted by Crippen LogP contribution is -2.09. The standard InChI is InChI=1S/C30H30F4O2/c1-2-3-25(35)21-12-10-20(11-13-21)23-15-14-22(27(31)28(23)32)9-6-18-4-7-19(8-5-18)24-16-17-26(36)30(34)29(24)33/h7,10-18,25,35-36H,2-6,8-9H2,1H3. The van der Waals surface area contributed by atoms with Crippen LogP contribution in [0.5, 0.6) is 5.75 Å². The molecule has 6 heteroatoms. The molecule has 1 aliphatic carbocycles. The number of aliphatic hydroxyl groups is 1. The van der Waals surface area contributed by atoms with E-state index in [0.717, 1.165) is 24.5 Å². The van der Waals surface area contributed by atoms with Crippen LogP contribution in [-0.2, 0) is 6.42 Å². The molecule has 0 radical (unpaired) electrons. The third kappa shape index (κ3) is 5.49. The van der Waals surface area contributed by atoms with Gasteiger partial charge in [-0.25, -0.2) is 13.2 Å². The maximum Gasteiger partial charge on any atom is 0.200 e. The third-order valence-electron chi connectivity index (χ3n) is 7.08. The molecule has 2 unspecified atom stereocenters. The SMILES string of the molecule is CCCC(O)c1ccc(-c2ccc(CCC3CC=C(c4ccc(O)c(F)c4F)CC3)c(F)c2F)cc1. The Morgan fingerprint density at radius 2 is 1.56 bits per heavy atom. The van der Waals surface area contributed by atoms with Gasteiger partial charge >= 0.3 is 0 Å². The Kier molecular flexibility index (Phi) is 8.14. The maximum absolute atomic E-state index is 14.9. The molecule has 36 heavy (non-hydrogen) atoms. The van der Waals surface area contributed by atoms with Crippen molar-refractivity contribution >= 4 is 5.57 Å². The molecule has 0 fully saturated rings. The summed E-state index contributed by atoms with van der Waals surface area (Å²) >= 11 is 0. The number of aliphatic hydroxyl groups excluding tert-OH is 1. The van der Waals surface area contributed by atoms with Gasteiger partial charge in [0.05, 0.1) is 6.10 Å². The minimum absolute atomic E-state index is 0.153. The van der Waals surface area contributed by atoms with Crippen LogP contribution in [0.4, 0.5) is 17.6 Å². The minimum atomic E-state index is -1.25. The van der Waals surface area contributed by atoms with Crippen molar-refractivity contribution in [1.82, 2.24) is 0 Å². The summed E-state index contributed by atoms with van der Waals surface area (Å²) in [5.74, 6) is -4.52. The zero-order chi connectivity index (χ0) is 25.8. The van der Waals surface area contributed by atoms with Crippen molar-refractivity contribution < 1.29 is 27.8 Å². The molecule has 0 aliphatic heterocycles. The lowest BCUT2D eigenvalue weighted by atomic mass is 9.83. The average Bonchev–Trinajstić information content (AvgIpc) is 2.89. The van der Waals surface area contributed by atoms with Gasteiger partial charge in [-0.15, -0.1) is 0 Å². The highest BCUT2D eigenvalue weighted by Crippen LogP contribution is 2.36. The zero-order valence-corrected chi connectivity index (χ0v) is 20.2. The summed E-state index contributed by atoms with van der Waals surface area (Å²) in [7, 11) is 0. The van der Waals surface area contributed by atoms with E-state index in [4.69, 9.17) is 0 Å². The van der Waals surface area contributed by atoms with Gasteiger partial charge in [0.25, 0.3) is 0 Å². The van der Waals surface area contributed by atoms with Crippen LogP contribution < -0.4 is 0 Å². The molecule has 0 aromatic heterocycles. The van der Waals surface area contributed by atoms with Crippen molar-refractivity contribution in [2.75, 3.05) is 0 Å². The van der Waals surface area contributed by atoms with Gasteiger partial charge < -0.3 is 10.2 Å². The number of rotatable bonds is 8. The molecule has 0 spiro atoms. The molecular formula is C30H30F4O2. The molecule has 0 heterocycles. The van der Waals surface area contributed by atoms with Crippen molar-refractivity contribution in [3.63, 3.8) is 0 Å². The molecule has 1 aliphatic rings. The zero-order valence-electron chi connectivity index (χ0n) is 20.2. The van der Waals surface area contributed by atoms with Gasteiger partial charge in [0.15, 0.2) is 23.2 Å². The van der Waals surface area contributed by atoms with E-state index < -0.39 is 35.1 Å². The Bertz CT molecular complexity index is 1250. The fourth-order valence-corrected chi connectivity index (χ4v) is 4.87. The second-order valence-electron chi connectivity index (χ2n) is 9.50. The molecule has 2 nitrogen and oxygen atoms in total. The second kappa shape index (κ2) is 11.3. The van der Waals surface area contributed by atoms with Crippen molar-refractivity contribution in [2.45, 2.75) is 58.0 Å². The number of halogens is 4. The molecule has 0 saturated carbocycles. The fraction of sp³-hybridized carbons (Fsp3) is 0.333. The van der Waals surface area contributed by atoms with E-state index in [9.17, 15) is 27.8 Å². The molecule has 3 aromatic carbocycles. The summed E-state index contributed by atoms with van der Waals surface area (Å²) in [5.41, 5.74) is 2.64. The first-order valence-corrected chi connectivity index (χ1v) is 12.4. The first kappa shape index (κ1) is 26.0. The first-order valence-electron chi connectivity index (χ1n) is 12.4. The van der Waals surface area contributed by atoms with Gasteiger partial charge in [-0.3, -0.25) is 0 Å². The lowest BCUT2D eigenvalue weighted by molar-refractivity contribution is 0.166. The van der Waals surface area contributed by atoms with Crippen molar-refractivity contribution in [3.8, 4) is 16.9 Å². The number of allylic oxidation sites excluding steroid dienone is 2. The lowest BCUT2D eigenvalue weighted by Gasteiger charge is -2.22. The molecular weight excluding hydrogens is 468 g/mol. The number of hydrogen-bond donors (Lipinski definition) is 2. The molecule has 3 aromatic rings. The maximum atomic E-state index is 14.9. The molecule has 0 amide bonds. The van der Waals surface area contributed by atoms with E-state index in [1.54, 1.807) is 36.4 Å². The highest BCUT2D eigenvalue weighted by atomic mass is 19.2. The van der Waals surface area contributed by atoms with Crippen LogP contribution in [0.3, 0.4) is 0 Å². The van der Waals surface area contributed by atoms with Crippen molar-refractivity contribution in [2.24, 2.45) is 5.92 Å². The van der Waals surface area contributed by atoms with E-state index in [2.05, 4.69) is 0 Å². The highest BCUT2D eigenvalue weighted by molar-refractivity contribution is 5.67. The Morgan fingerprint density at radius 1 is 0.861 bits per heavy atom. The van der Waals surface area contributed by atoms with E-state index >= 15 is 0 Å². The van der Waals surface area contributed by atoms with Crippen LogP contribution in [0.1, 0.15) is 68.2 Å². The monoisotopic (exact) mass is 498 g/mol. The Labute approximate surface area is 208 Å². The van der Waals surface area contributed by atoms with Crippen LogP contribution in [0.15, 0.2) is 54.6 Å². The number of phenols is 1. The van der Waals surface area contributed by atoms with Gasteiger partial charge in [-0.1, -0.05) is 55.8 Å². The molecule has 2 N–H and O–H groups in total. The molecule has 4 rings (SSSR count). The topological polar surface area (TPSA) is 40.5 Å². The van der Waals surface area contributed by atoms with E-state index in [1.807, 2.05) is 13.0 Å². The van der Waals surface area contributed by atoms with Crippen LogP contribution in [-0.4, -0.2) is 10.2 Å². The van der Waals surface area contributed by atoms with E-state index in [0.29, 0.717) is 48.8 Å². The summed E-state index contributed by atoms with van der Waals surface area (Å²) in [5, 5.41) is 19.4. The predicted molar refractivity (Wildman–Crippen MR) is 133 cm³/mol. The van der Waals surface area contributed by atoms with Gasteiger partial charge in [-0.05, 0) is 78.8 Å². The Balaban J connectivity index is 1.40. The van der Waals surface area contributed by atoms with E-state index in [1.165, 1.54) is 6.07 Å². The largest absolute Gasteiger partial charge is 0.505 e. The quantitative estimate of drug-likeness (QED) is 0.307. The number of hydrogen-bond acceptors (Lipinski definition) is 2. The third-order valence-corrected chi connectivity index (χ3v) is 7.08. The molecule has 190 valence electrons. The fourth-order valence-electron chi connectivity index (χ4n) is 4.87. The Morgan fingerprint density at radius 3 is 2.22 bits per heavy atom. The normalized spacial score (nSPS) is 16.6. The minimum Gasteiger partial charge on any atom is -0.505 e. The summed E-state index contributed by atoms with van der Waals surface area (Å²) in [6, 6.07) is 12.6. The first-order chi connectivity index (χ1) is 17.3.